The van der Waals surface area contributed by atoms with Crippen molar-refractivity contribution in [3.05, 3.63) is 0 Å². The van der Waals surface area contributed by atoms with Gasteiger partial charge in [0.1, 0.15) is 0 Å². The Morgan fingerprint density at radius 2 is 1.71 bits per heavy atom. The number of carbonyl (C=O) groups is 1. The first-order valence-electron chi connectivity index (χ1n) is 4.65. The molecule has 0 N–H and O–H groups in total. The van der Waals surface area contributed by atoms with Crippen LogP contribution in [-0.4, -0.2) is 5.78 Å². The fraction of sp³-hybridized carbons (Fsp3) is 0.727. The third-order valence-corrected chi connectivity index (χ3v) is 2.57. The van der Waals surface area contributed by atoms with Crippen molar-refractivity contribution in [1.29, 1.82) is 10.5 Å². The maximum atomic E-state index is 11.4. The van der Waals surface area contributed by atoms with Crippen LogP contribution >= 0.6 is 0 Å². The first-order chi connectivity index (χ1) is 6.32. The zero-order chi connectivity index (χ0) is 11.4. The van der Waals surface area contributed by atoms with Crippen LogP contribution in [0.1, 0.15) is 34.1 Å². The first kappa shape index (κ1) is 12.7. The number of hydrogen-bond acceptors (Lipinski definition) is 3. The van der Waals surface area contributed by atoms with Gasteiger partial charge in [-0.3, -0.25) is 4.79 Å². The summed E-state index contributed by atoms with van der Waals surface area (Å²) in [6, 6.07) is 3.40. The minimum atomic E-state index is -1.10. The molecule has 0 radical (unpaired) electrons. The van der Waals surface area contributed by atoms with Crippen LogP contribution in [0.2, 0.25) is 0 Å². The second-order valence-electron chi connectivity index (χ2n) is 4.63. The van der Waals surface area contributed by atoms with Crippen molar-refractivity contribution in [2.24, 2.45) is 17.3 Å². The fourth-order valence-electron chi connectivity index (χ4n) is 0.899. The third kappa shape index (κ3) is 3.58. The average molecular weight is 192 g/mol. The lowest BCUT2D eigenvalue weighted by Gasteiger charge is -2.26. The van der Waals surface area contributed by atoms with E-state index in [1.54, 1.807) is 12.1 Å². The normalized spacial score (nSPS) is 13.1. The molecule has 3 heteroatoms. The van der Waals surface area contributed by atoms with Gasteiger partial charge in [-0.2, -0.15) is 10.5 Å². The summed E-state index contributed by atoms with van der Waals surface area (Å²) in [6.07, 6.45) is 0.301. The number of ketones is 1. The molecule has 0 saturated carbocycles. The van der Waals surface area contributed by atoms with Gasteiger partial charge in [0, 0.05) is 6.42 Å². The highest BCUT2D eigenvalue weighted by atomic mass is 16.1. The van der Waals surface area contributed by atoms with E-state index in [0.717, 1.165) is 0 Å². The van der Waals surface area contributed by atoms with E-state index in [2.05, 4.69) is 0 Å². The highest BCUT2D eigenvalue weighted by Gasteiger charge is 2.26. The topological polar surface area (TPSA) is 64.7 Å². The van der Waals surface area contributed by atoms with Crippen LogP contribution in [0.15, 0.2) is 0 Å². The molecule has 0 saturated heterocycles. The zero-order valence-electron chi connectivity index (χ0n) is 9.16. The zero-order valence-corrected chi connectivity index (χ0v) is 9.16. The highest BCUT2D eigenvalue weighted by Crippen LogP contribution is 2.28. The predicted molar refractivity (Wildman–Crippen MR) is 53.0 cm³/mol. The Bertz CT molecular complexity index is 274. The predicted octanol–water partition coefficient (Wildman–Crippen LogP) is 2.29. The van der Waals surface area contributed by atoms with Crippen molar-refractivity contribution < 1.29 is 4.79 Å². The molecule has 0 aromatic carbocycles. The smallest absolute Gasteiger partial charge is 0.191 e. The van der Waals surface area contributed by atoms with E-state index in [9.17, 15) is 4.79 Å². The van der Waals surface area contributed by atoms with Crippen LogP contribution in [0, 0.1) is 39.9 Å². The van der Waals surface area contributed by atoms with Crippen molar-refractivity contribution in [2.45, 2.75) is 34.1 Å². The molecule has 1 atom stereocenters. The Kier molecular flexibility index (Phi) is 4.31. The summed E-state index contributed by atoms with van der Waals surface area (Å²) in [7, 11) is 0. The summed E-state index contributed by atoms with van der Waals surface area (Å²) in [5.41, 5.74) is 0.0329. The van der Waals surface area contributed by atoms with E-state index >= 15 is 0 Å². The van der Waals surface area contributed by atoms with Crippen molar-refractivity contribution in [2.75, 3.05) is 0 Å². The molecule has 0 fully saturated rings. The van der Waals surface area contributed by atoms with E-state index in [4.69, 9.17) is 10.5 Å². The maximum Gasteiger partial charge on any atom is 0.191 e. The van der Waals surface area contributed by atoms with E-state index in [-0.39, 0.29) is 17.1 Å². The lowest BCUT2D eigenvalue weighted by atomic mass is 9.78. The second kappa shape index (κ2) is 4.77. The van der Waals surface area contributed by atoms with Gasteiger partial charge in [0.25, 0.3) is 0 Å². The van der Waals surface area contributed by atoms with Crippen molar-refractivity contribution in [1.82, 2.24) is 0 Å². The van der Waals surface area contributed by atoms with Crippen LogP contribution in [-0.2, 0) is 4.79 Å². The Balaban J connectivity index is 4.37. The molecular weight excluding hydrogens is 176 g/mol. The molecule has 0 spiro atoms. The Labute approximate surface area is 85.3 Å². The molecule has 0 aromatic rings. The Morgan fingerprint density at radius 3 is 2.00 bits per heavy atom. The second-order valence-corrected chi connectivity index (χ2v) is 4.63. The molecular formula is C11H16N2O. The Hall–Kier alpha value is -1.35. The van der Waals surface area contributed by atoms with Crippen molar-refractivity contribution in [3.8, 4) is 12.1 Å². The highest BCUT2D eigenvalue weighted by molar-refractivity contribution is 5.85. The third-order valence-electron chi connectivity index (χ3n) is 2.57. The average Bonchev–Trinajstić information content (AvgIpc) is 2.04. The molecule has 0 aromatic heterocycles. The molecule has 0 aliphatic heterocycles. The van der Waals surface area contributed by atoms with Gasteiger partial charge in [0.2, 0.25) is 0 Å². The molecule has 0 heterocycles. The number of carbonyl (C=O) groups excluding carboxylic acids is 1. The molecule has 0 rings (SSSR count). The van der Waals surface area contributed by atoms with Gasteiger partial charge in [-0.25, -0.2) is 0 Å². The summed E-state index contributed by atoms with van der Waals surface area (Å²) < 4.78 is 0. The summed E-state index contributed by atoms with van der Waals surface area (Å²) in [5, 5.41) is 17.0. The quantitative estimate of drug-likeness (QED) is 0.689. The first-order valence-corrected chi connectivity index (χ1v) is 4.65. The molecule has 14 heavy (non-hydrogen) atoms. The van der Waals surface area contributed by atoms with Crippen LogP contribution in [0.4, 0.5) is 0 Å². The van der Waals surface area contributed by atoms with Crippen LogP contribution in [0.3, 0.4) is 0 Å². The fourth-order valence-corrected chi connectivity index (χ4v) is 0.899. The minimum Gasteiger partial charge on any atom is -0.297 e. The summed E-state index contributed by atoms with van der Waals surface area (Å²) in [5.74, 6) is -1.18. The van der Waals surface area contributed by atoms with Gasteiger partial charge in [-0.05, 0) is 11.3 Å². The standard InChI is InChI=1S/C11H16N2O/c1-8(11(2,3)4)5-10(14)9(6-12)7-13/h8-9H,5H2,1-4H3. The van der Waals surface area contributed by atoms with E-state index in [1.807, 2.05) is 27.7 Å². The van der Waals surface area contributed by atoms with Gasteiger partial charge < -0.3 is 0 Å². The molecule has 0 amide bonds. The van der Waals surface area contributed by atoms with E-state index in [0.29, 0.717) is 6.42 Å². The minimum absolute atomic E-state index is 0.0329. The number of nitriles is 2. The molecule has 0 aliphatic carbocycles. The summed E-state index contributed by atoms with van der Waals surface area (Å²) in [6.45, 7) is 8.08. The van der Waals surface area contributed by atoms with Crippen molar-refractivity contribution in [3.63, 3.8) is 0 Å². The monoisotopic (exact) mass is 192 g/mol. The molecule has 76 valence electrons. The molecule has 1 unspecified atom stereocenters. The summed E-state index contributed by atoms with van der Waals surface area (Å²) >= 11 is 0. The largest absolute Gasteiger partial charge is 0.297 e. The number of hydrogen-bond donors (Lipinski definition) is 0. The summed E-state index contributed by atoms with van der Waals surface area (Å²) in [4.78, 5) is 11.4. The van der Waals surface area contributed by atoms with Gasteiger partial charge in [0.15, 0.2) is 11.7 Å². The SMILES string of the molecule is CC(CC(=O)C(C#N)C#N)C(C)(C)C. The van der Waals surface area contributed by atoms with Gasteiger partial charge in [-0.1, -0.05) is 27.7 Å². The number of rotatable bonds is 3. The van der Waals surface area contributed by atoms with Crippen molar-refractivity contribution >= 4 is 5.78 Å². The van der Waals surface area contributed by atoms with E-state index in [1.165, 1.54) is 0 Å². The van der Waals surface area contributed by atoms with Crippen LogP contribution in [0.5, 0.6) is 0 Å². The Morgan fingerprint density at radius 1 is 1.29 bits per heavy atom. The van der Waals surface area contributed by atoms with Gasteiger partial charge in [0.05, 0.1) is 12.1 Å². The lowest BCUT2D eigenvalue weighted by Crippen LogP contribution is -2.23. The molecule has 0 aliphatic rings. The number of nitrogens with zero attached hydrogens (tertiary/aromatic N) is 2. The van der Waals surface area contributed by atoms with Gasteiger partial charge >= 0.3 is 0 Å². The van der Waals surface area contributed by atoms with E-state index < -0.39 is 5.92 Å². The van der Waals surface area contributed by atoms with Gasteiger partial charge in [-0.15, -0.1) is 0 Å². The number of Topliss-reactive ketones (excluding diaryl/α,β-unsaturated/α-hetero) is 1. The van der Waals surface area contributed by atoms with Crippen LogP contribution < -0.4 is 0 Å². The molecule has 0 bridgehead atoms. The lowest BCUT2D eigenvalue weighted by molar-refractivity contribution is -0.121. The molecule has 3 nitrogen and oxygen atoms in total. The maximum absolute atomic E-state index is 11.4. The van der Waals surface area contributed by atoms with Crippen LogP contribution in [0.25, 0.3) is 0 Å².